The minimum atomic E-state index is 0. The van der Waals surface area contributed by atoms with E-state index in [2.05, 4.69) is 87.3 Å². The predicted octanol–water partition coefficient (Wildman–Crippen LogP) is -0.187. The lowest BCUT2D eigenvalue weighted by Gasteiger charge is -2.26. The molecule has 4 fully saturated rings. The molecule has 36 heavy (non-hydrogen) atoms. The zero-order chi connectivity index (χ0) is 23.9. The van der Waals surface area contributed by atoms with E-state index in [-0.39, 0.29) is 21.9 Å². The van der Waals surface area contributed by atoms with Crippen molar-refractivity contribution in [2.75, 3.05) is 39.3 Å². The first-order chi connectivity index (χ1) is 15.2. The molecule has 0 amide bonds. The average molecular weight is 527 g/mol. The lowest BCUT2D eigenvalue weighted by Crippen LogP contribution is -2.50. The molecular weight excluding hydrogens is 460 g/mol. The van der Waals surface area contributed by atoms with Gasteiger partial charge in [-0.15, -0.1) is 0 Å². The highest BCUT2D eigenvalue weighted by Crippen LogP contribution is 2.12. The third-order valence-electron chi connectivity index (χ3n) is 6.90. The summed E-state index contributed by atoms with van der Waals surface area (Å²) in [6, 6.07) is 1.54. The molecule has 10 heteroatoms. The van der Waals surface area contributed by atoms with E-state index in [4.69, 9.17) is 0 Å². The van der Waals surface area contributed by atoms with Crippen LogP contribution in [-0.2, 0) is 0 Å². The van der Waals surface area contributed by atoms with Crippen molar-refractivity contribution >= 4 is 0 Å². The molecule has 0 aromatic heterocycles. The normalized spacial score (nSPS) is 35.3. The van der Waals surface area contributed by atoms with Crippen molar-refractivity contribution in [2.45, 2.75) is 105 Å². The van der Waals surface area contributed by atoms with Crippen LogP contribution in [0, 0.1) is 23.7 Å². The molecule has 4 aliphatic heterocycles. The minimum Gasteiger partial charge on any atom is -0.412 e. The molecule has 0 aromatic carbocycles. The first-order valence-electron chi connectivity index (χ1n) is 13.6. The Hall–Kier alpha value is -0.400. The van der Waals surface area contributed by atoms with Crippen LogP contribution in [0.25, 0.3) is 0 Å². The van der Waals surface area contributed by atoms with Gasteiger partial charge in [0.05, 0.1) is 12.3 Å². The zero-order valence-electron chi connectivity index (χ0n) is 24.7. The summed E-state index contributed by atoms with van der Waals surface area (Å²) in [7, 11) is 0. The van der Waals surface area contributed by atoms with Gasteiger partial charge in [0.15, 0.2) is 0 Å². The summed E-state index contributed by atoms with van der Waals surface area (Å²) >= 11 is 0. The van der Waals surface area contributed by atoms with Gasteiger partial charge in [-0.05, 0) is 90.1 Å². The van der Waals surface area contributed by atoms with Gasteiger partial charge in [0.25, 0.3) is 0 Å². The van der Waals surface area contributed by atoms with Crippen molar-refractivity contribution < 1.29 is 21.9 Å². The Morgan fingerprint density at radius 1 is 0.333 bits per heavy atom. The molecule has 4 aliphatic rings. The molecule has 0 spiro atoms. The van der Waals surface area contributed by atoms with Gasteiger partial charge in [0.2, 0.25) is 0 Å². The highest BCUT2D eigenvalue weighted by atomic mass is 16.0. The summed E-state index contributed by atoms with van der Waals surface area (Å²) in [6.45, 7) is 25.0. The lowest BCUT2D eigenvalue weighted by molar-refractivity contribution is 0.325. The molecule has 0 bridgehead atoms. The van der Waals surface area contributed by atoms with E-state index >= 15 is 0 Å². The van der Waals surface area contributed by atoms with Crippen molar-refractivity contribution in [3.63, 3.8) is 0 Å². The second-order valence-electron chi connectivity index (χ2n) is 11.3. The highest BCUT2D eigenvalue weighted by molar-refractivity contribution is 4.73. The largest absolute Gasteiger partial charge is 0.412 e. The van der Waals surface area contributed by atoms with Crippen LogP contribution in [0.2, 0.25) is 0 Å². The van der Waals surface area contributed by atoms with Crippen LogP contribution in [0.5, 0.6) is 0 Å². The molecule has 0 aromatic rings. The van der Waals surface area contributed by atoms with Crippen LogP contribution in [0.1, 0.15) is 81.1 Å². The molecule has 4 saturated heterocycles. The molecule has 0 radical (unpaired) electrons. The van der Waals surface area contributed by atoms with E-state index in [9.17, 15) is 0 Å². The SMILES string of the molecule is CC1CCC(C)NC1.CC1CCC(C)NC1.CC1CNC(C)NC1.CC1CNC(C)NC1.O.O.O.O. The summed E-state index contributed by atoms with van der Waals surface area (Å²) in [5.74, 6) is 3.41. The quantitative estimate of drug-likeness (QED) is 0.253. The van der Waals surface area contributed by atoms with Crippen molar-refractivity contribution in [1.29, 1.82) is 0 Å². The lowest BCUT2D eigenvalue weighted by atomic mass is 9.98. The van der Waals surface area contributed by atoms with Crippen LogP contribution < -0.4 is 31.9 Å². The standard InChI is InChI=1S/2C7H15N.2C6H14N2.4H2O/c2*1-6-3-4-7(2)8-5-6;2*1-5-3-7-6(2)8-4-5;;;;/h2*6-8H,3-5H2,1-2H3;2*5-8H,3-4H2,1-2H3;4*1H2. The smallest absolute Gasteiger partial charge is 0.0542 e. The van der Waals surface area contributed by atoms with Crippen LogP contribution in [-0.4, -0.2) is 85.6 Å². The second-order valence-corrected chi connectivity index (χ2v) is 11.3. The summed E-state index contributed by atoms with van der Waals surface area (Å²) in [5, 5.41) is 20.1. The van der Waals surface area contributed by atoms with Crippen molar-refractivity contribution in [3.8, 4) is 0 Å². The highest BCUT2D eigenvalue weighted by Gasteiger charge is 2.13. The Balaban J connectivity index is -0.000000183. The Bertz CT molecular complexity index is 314. The summed E-state index contributed by atoms with van der Waals surface area (Å²) < 4.78 is 0. The first kappa shape index (κ1) is 42.7. The van der Waals surface area contributed by atoms with E-state index in [0.29, 0.717) is 12.3 Å². The van der Waals surface area contributed by atoms with Crippen molar-refractivity contribution in [1.82, 2.24) is 31.9 Å². The molecule has 0 aliphatic carbocycles. The molecule has 0 saturated carbocycles. The number of rotatable bonds is 0. The van der Waals surface area contributed by atoms with Gasteiger partial charge >= 0.3 is 0 Å². The van der Waals surface area contributed by atoms with Crippen LogP contribution in [0.4, 0.5) is 0 Å². The Morgan fingerprint density at radius 2 is 0.583 bits per heavy atom. The van der Waals surface area contributed by atoms with E-state index in [1.54, 1.807) is 0 Å². The summed E-state index contributed by atoms with van der Waals surface area (Å²) in [4.78, 5) is 0. The van der Waals surface area contributed by atoms with Gasteiger partial charge in [0, 0.05) is 38.3 Å². The Labute approximate surface area is 222 Å². The van der Waals surface area contributed by atoms with Crippen LogP contribution >= 0.6 is 0 Å². The summed E-state index contributed by atoms with van der Waals surface area (Å²) in [5.41, 5.74) is 0. The maximum absolute atomic E-state index is 3.43. The Kier molecular flexibility index (Phi) is 29.5. The first-order valence-corrected chi connectivity index (χ1v) is 13.6. The minimum absolute atomic E-state index is 0. The molecule has 224 valence electrons. The van der Waals surface area contributed by atoms with E-state index in [1.807, 2.05) is 0 Å². The molecule has 4 atom stereocenters. The number of hydrogen-bond acceptors (Lipinski definition) is 6. The van der Waals surface area contributed by atoms with E-state index in [0.717, 1.165) is 61.9 Å². The van der Waals surface area contributed by atoms with Gasteiger partial charge in [-0.1, -0.05) is 27.7 Å². The molecule has 4 rings (SSSR count). The van der Waals surface area contributed by atoms with Gasteiger partial charge < -0.3 is 53.8 Å². The summed E-state index contributed by atoms with van der Waals surface area (Å²) in [6.07, 6.45) is 6.59. The van der Waals surface area contributed by atoms with Gasteiger partial charge in [-0.2, -0.15) is 0 Å². The van der Waals surface area contributed by atoms with Crippen LogP contribution in [0.3, 0.4) is 0 Å². The fraction of sp³-hybridized carbons (Fsp3) is 1.00. The number of piperidine rings is 2. The Morgan fingerprint density at radius 3 is 0.750 bits per heavy atom. The average Bonchev–Trinajstić information content (AvgIpc) is 2.78. The van der Waals surface area contributed by atoms with E-state index < -0.39 is 0 Å². The molecular formula is C26H66N6O4. The monoisotopic (exact) mass is 527 g/mol. The van der Waals surface area contributed by atoms with Gasteiger partial charge in [-0.25, -0.2) is 0 Å². The van der Waals surface area contributed by atoms with E-state index in [1.165, 1.54) is 38.8 Å². The van der Waals surface area contributed by atoms with Crippen molar-refractivity contribution in [2.24, 2.45) is 23.7 Å². The number of nitrogens with one attached hydrogen (secondary N) is 6. The third-order valence-corrected chi connectivity index (χ3v) is 6.90. The van der Waals surface area contributed by atoms with Crippen molar-refractivity contribution in [3.05, 3.63) is 0 Å². The second kappa shape index (κ2) is 24.9. The zero-order valence-corrected chi connectivity index (χ0v) is 24.7. The molecule has 4 heterocycles. The van der Waals surface area contributed by atoms with Crippen LogP contribution in [0.15, 0.2) is 0 Å². The molecule has 14 N–H and O–H groups in total. The maximum Gasteiger partial charge on any atom is 0.0542 e. The van der Waals surface area contributed by atoms with Gasteiger partial charge in [-0.3, -0.25) is 0 Å². The number of hydrogen-bond donors (Lipinski definition) is 6. The molecule has 10 nitrogen and oxygen atoms in total. The third kappa shape index (κ3) is 22.8. The maximum atomic E-state index is 3.43. The fourth-order valence-corrected chi connectivity index (χ4v) is 4.08. The predicted molar refractivity (Wildman–Crippen MR) is 155 cm³/mol. The fourth-order valence-electron chi connectivity index (χ4n) is 4.08. The topological polar surface area (TPSA) is 198 Å². The van der Waals surface area contributed by atoms with Gasteiger partial charge in [0.1, 0.15) is 0 Å². The molecule has 4 unspecified atom stereocenters.